The summed E-state index contributed by atoms with van der Waals surface area (Å²) in [4.78, 5) is 0. The lowest BCUT2D eigenvalue weighted by Crippen LogP contribution is -2.02. The van der Waals surface area contributed by atoms with Crippen molar-refractivity contribution in [3.8, 4) is 0 Å². The zero-order chi connectivity index (χ0) is 11.2. The van der Waals surface area contributed by atoms with Gasteiger partial charge in [-0.05, 0) is 56.4 Å². The van der Waals surface area contributed by atoms with Gasteiger partial charge in [-0.15, -0.1) is 0 Å². The third kappa shape index (κ3) is 1.84. The summed E-state index contributed by atoms with van der Waals surface area (Å²) in [5.74, 6) is 0. The van der Waals surface area contributed by atoms with E-state index in [0.717, 1.165) is 12.0 Å². The Hall–Kier alpha value is -1.08. The van der Waals surface area contributed by atoms with Crippen molar-refractivity contribution in [1.82, 2.24) is 0 Å². The molecule has 80 valence electrons. The molecule has 0 fully saturated rings. The number of aliphatic hydroxyl groups is 1. The number of benzene rings is 1. The van der Waals surface area contributed by atoms with Crippen LogP contribution in [0.2, 0.25) is 0 Å². The summed E-state index contributed by atoms with van der Waals surface area (Å²) < 4.78 is 0. The predicted molar refractivity (Wildman–Crippen MR) is 62.9 cm³/mol. The van der Waals surface area contributed by atoms with Gasteiger partial charge in [0.1, 0.15) is 6.10 Å². The van der Waals surface area contributed by atoms with Gasteiger partial charge in [-0.25, -0.2) is 0 Å². The molecule has 1 aliphatic carbocycles. The minimum atomic E-state index is -0.370. The van der Waals surface area contributed by atoms with Gasteiger partial charge in [-0.3, -0.25) is 0 Å². The van der Waals surface area contributed by atoms with E-state index in [-0.39, 0.29) is 6.10 Å². The Balaban J connectivity index is 2.44. The summed E-state index contributed by atoms with van der Waals surface area (Å²) in [5.41, 5.74) is 7.33. The highest BCUT2D eigenvalue weighted by molar-refractivity contribution is 5.47. The largest absolute Gasteiger partial charge is 0.384 e. The van der Waals surface area contributed by atoms with Crippen LogP contribution < -0.4 is 0 Å². The number of allylic oxidation sites excluding steroid dienone is 1. The van der Waals surface area contributed by atoms with E-state index in [0.29, 0.717) is 0 Å². The molecule has 15 heavy (non-hydrogen) atoms. The van der Waals surface area contributed by atoms with Crippen molar-refractivity contribution in [3.63, 3.8) is 0 Å². The first kappa shape index (κ1) is 10.4. The number of aliphatic hydroxyl groups excluding tert-OH is 1. The van der Waals surface area contributed by atoms with E-state index in [4.69, 9.17) is 0 Å². The summed E-state index contributed by atoms with van der Waals surface area (Å²) in [6.45, 7) is 8.35. The monoisotopic (exact) mass is 202 g/mol. The zero-order valence-corrected chi connectivity index (χ0v) is 9.89. The molecule has 0 aliphatic heterocycles. The van der Waals surface area contributed by atoms with Gasteiger partial charge in [-0.1, -0.05) is 23.3 Å². The lowest BCUT2D eigenvalue weighted by atomic mass is 9.94. The van der Waals surface area contributed by atoms with Gasteiger partial charge >= 0.3 is 0 Å². The molecule has 1 nitrogen and oxygen atoms in total. The third-order valence-corrected chi connectivity index (χ3v) is 3.22. The van der Waals surface area contributed by atoms with Gasteiger partial charge in [0.2, 0.25) is 0 Å². The molecule has 0 aromatic heterocycles. The molecule has 1 atom stereocenters. The van der Waals surface area contributed by atoms with Crippen molar-refractivity contribution < 1.29 is 5.11 Å². The fourth-order valence-electron chi connectivity index (χ4n) is 2.37. The zero-order valence-electron chi connectivity index (χ0n) is 9.89. The van der Waals surface area contributed by atoms with Crippen molar-refractivity contribution in [2.75, 3.05) is 0 Å². The maximum Gasteiger partial charge on any atom is 0.101 e. The Bertz CT molecular complexity index is 418. The Morgan fingerprint density at radius 1 is 1.07 bits per heavy atom. The number of hydrogen-bond acceptors (Lipinski definition) is 1. The molecular formula is C14H18O. The minimum absolute atomic E-state index is 0.370. The minimum Gasteiger partial charge on any atom is -0.384 e. The lowest BCUT2D eigenvalue weighted by Gasteiger charge is -2.15. The first-order valence-corrected chi connectivity index (χ1v) is 5.45. The third-order valence-electron chi connectivity index (χ3n) is 3.22. The first-order chi connectivity index (χ1) is 7.00. The second-order valence-electron chi connectivity index (χ2n) is 4.70. The SMILES string of the molecule is CC1=C(C(O)c2c(C)cc(C)cc2C)C1. The van der Waals surface area contributed by atoms with E-state index in [9.17, 15) is 5.11 Å². The summed E-state index contributed by atoms with van der Waals surface area (Å²) in [6, 6.07) is 4.29. The molecule has 1 unspecified atom stereocenters. The molecule has 1 aromatic rings. The topological polar surface area (TPSA) is 20.2 Å². The van der Waals surface area contributed by atoms with Crippen molar-refractivity contribution >= 4 is 0 Å². The molecule has 0 bridgehead atoms. The van der Waals surface area contributed by atoms with Gasteiger partial charge in [-0.2, -0.15) is 0 Å². The maximum absolute atomic E-state index is 10.2. The van der Waals surface area contributed by atoms with Crippen molar-refractivity contribution in [3.05, 3.63) is 45.5 Å². The molecule has 0 spiro atoms. The number of hydrogen-bond donors (Lipinski definition) is 1. The van der Waals surface area contributed by atoms with Crippen LogP contribution in [0.25, 0.3) is 0 Å². The normalized spacial score (nSPS) is 16.9. The standard InChI is InChI=1S/C14H18O/c1-8-5-10(3)13(11(4)6-8)14(15)12-7-9(12)2/h5-6,14-15H,7H2,1-4H3. The van der Waals surface area contributed by atoms with Gasteiger partial charge in [0.15, 0.2) is 0 Å². The van der Waals surface area contributed by atoms with Crippen LogP contribution in [-0.2, 0) is 0 Å². The average molecular weight is 202 g/mol. The van der Waals surface area contributed by atoms with E-state index < -0.39 is 0 Å². The van der Waals surface area contributed by atoms with Crippen LogP contribution in [0.5, 0.6) is 0 Å². The van der Waals surface area contributed by atoms with E-state index in [1.54, 1.807) is 0 Å². The van der Waals surface area contributed by atoms with Crippen LogP contribution >= 0.6 is 0 Å². The summed E-state index contributed by atoms with van der Waals surface area (Å²) in [6.07, 6.45) is 0.638. The molecule has 0 amide bonds. The van der Waals surface area contributed by atoms with Crippen LogP contribution in [0.15, 0.2) is 23.3 Å². The van der Waals surface area contributed by atoms with Gasteiger partial charge in [0.25, 0.3) is 0 Å². The smallest absolute Gasteiger partial charge is 0.101 e. The predicted octanol–water partition coefficient (Wildman–Crippen LogP) is 3.37. The highest BCUT2D eigenvalue weighted by Crippen LogP contribution is 2.42. The van der Waals surface area contributed by atoms with Crippen LogP contribution in [0.3, 0.4) is 0 Å². The summed E-state index contributed by atoms with van der Waals surface area (Å²) >= 11 is 0. The van der Waals surface area contributed by atoms with Gasteiger partial charge in [0.05, 0.1) is 0 Å². The fourth-order valence-corrected chi connectivity index (χ4v) is 2.37. The highest BCUT2D eigenvalue weighted by Gasteiger charge is 2.27. The molecule has 0 radical (unpaired) electrons. The molecule has 0 heterocycles. The Kier molecular flexibility index (Phi) is 2.43. The number of rotatable bonds is 2. The fraction of sp³-hybridized carbons (Fsp3) is 0.429. The average Bonchev–Trinajstić information content (AvgIpc) is 2.80. The Labute approximate surface area is 91.4 Å². The van der Waals surface area contributed by atoms with E-state index in [1.807, 2.05) is 0 Å². The van der Waals surface area contributed by atoms with E-state index in [2.05, 4.69) is 39.8 Å². The first-order valence-electron chi connectivity index (χ1n) is 5.45. The maximum atomic E-state index is 10.2. The molecule has 0 saturated heterocycles. The Morgan fingerprint density at radius 2 is 1.53 bits per heavy atom. The molecule has 1 aromatic carbocycles. The van der Waals surface area contributed by atoms with Crippen LogP contribution in [0.1, 0.15) is 41.7 Å². The van der Waals surface area contributed by atoms with E-state index >= 15 is 0 Å². The van der Waals surface area contributed by atoms with Crippen LogP contribution in [-0.4, -0.2) is 5.11 Å². The second-order valence-corrected chi connectivity index (χ2v) is 4.70. The van der Waals surface area contributed by atoms with E-state index in [1.165, 1.54) is 27.8 Å². The molecule has 0 saturated carbocycles. The van der Waals surface area contributed by atoms with Crippen LogP contribution in [0.4, 0.5) is 0 Å². The molecule has 1 N–H and O–H groups in total. The molecule has 2 rings (SSSR count). The molecule has 1 aliphatic rings. The Morgan fingerprint density at radius 3 is 1.93 bits per heavy atom. The number of aryl methyl sites for hydroxylation is 3. The molecule has 1 heteroatoms. The van der Waals surface area contributed by atoms with Crippen molar-refractivity contribution in [2.24, 2.45) is 0 Å². The summed E-state index contributed by atoms with van der Waals surface area (Å²) in [7, 11) is 0. The van der Waals surface area contributed by atoms with Gasteiger partial charge < -0.3 is 5.11 Å². The van der Waals surface area contributed by atoms with Crippen molar-refractivity contribution in [2.45, 2.75) is 40.2 Å². The molecular weight excluding hydrogens is 184 g/mol. The van der Waals surface area contributed by atoms with Gasteiger partial charge in [0, 0.05) is 0 Å². The lowest BCUT2D eigenvalue weighted by molar-refractivity contribution is 0.218. The van der Waals surface area contributed by atoms with Crippen LogP contribution in [0, 0.1) is 20.8 Å². The highest BCUT2D eigenvalue weighted by atomic mass is 16.3. The second kappa shape index (κ2) is 3.49. The van der Waals surface area contributed by atoms with Crippen molar-refractivity contribution in [1.29, 1.82) is 0 Å². The summed E-state index contributed by atoms with van der Waals surface area (Å²) in [5, 5.41) is 10.2. The quantitative estimate of drug-likeness (QED) is 0.729.